The van der Waals surface area contributed by atoms with Crippen LogP contribution in [0.3, 0.4) is 0 Å². The molecule has 130 valence electrons. The molecule has 1 amide bonds. The fourth-order valence-electron chi connectivity index (χ4n) is 2.35. The van der Waals surface area contributed by atoms with Gasteiger partial charge in [-0.15, -0.1) is 11.3 Å². The maximum atomic E-state index is 12.4. The van der Waals surface area contributed by atoms with Gasteiger partial charge in [-0.2, -0.15) is 0 Å². The zero-order chi connectivity index (χ0) is 17.8. The van der Waals surface area contributed by atoms with Crippen LogP contribution >= 0.6 is 11.3 Å². The molecule has 2 aromatic heterocycles. The van der Waals surface area contributed by atoms with Gasteiger partial charge in [-0.05, 0) is 30.5 Å². The van der Waals surface area contributed by atoms with Gasteiger partial charge in [-0.25, -0.2) is 4.98 Å². The number of nitrogens with one attached hydrogen (secondary N) is 1. The molecule has 0 bridgehead atoms. The average molecular weight is 358 g/mol. The summed E-state index contributed by atoms with van der Waals surface area (Å²) in [6.07, 6.45) is 0.121. The molecule has 0 atom stereocenters. The molecule has 0 aliphatic heterocycles. The van der Waals surface area contributed by atoms with Crippen LogP contribution in [0.5, 0.6) is 11.5 Å². The molecule has 25 heavy (non-hydrogen) atoms. The highest BCUT2D eigenvalue weighted by Crippen LogP contribution is 2.30. The molecule has 0 fully saturated rings. The van der Waals surface area contributed by atoms with Gasteiger partial charge in [0.15, 0.2) is 0 Å². The van der Waals surface area contributed by atoms with Crippen molar-refractivity contribution in [2.45, 2.75) is 13.3 Å². The van der Waals surface area contributed by atoms with Crippen molar-refractivity contribution in [3.63, 3.8) is 0 Å². The lowest BCUT2D eigenvalue weighted by atomic mass is 10.2. The lowest BCUT2D eigenvalue weighted by Crippen LogP contribution is -2.15. The highest BCUT2D eigenvalue weighted by Gasteiger charge is 2.16. The Kier molecular flexibility index (Phi) is 5.04. The maximum absolute atomic E-state index is 12.4. The van der Waals surface area contributed by atoms with Crippen LogP contribution in [-0.2, 0) is 11.2 Å². The van der Waals surface area contributed by atoms with Crippen molar-refractivity contribution in [2.24, 2.45) is 0 Å². The fourth-order valence-corrected chi connectivity index (χ4v) is 2.99. The molecule has 0 radical (unpaired) electrons. The van der Waals surface area contributed by atoms with E-state index >= 15 is 0 Å². The summed E-state index contributed by atoms with van der Waals surface area (Å²) in [5, 5.41) is 4.79. The molecule has 0 aliphatic carbocycles. The number of carbonyl (C=O) groups excluding carboxylic acids is 1. The normalized spacial score (nSPS) is 10.5. The highest BCUT2D eigenvalue weighted by atomic mass is 32.1. The number of anilines is 1. The van der Waals surface area contributed by atoms with E-state index in [4.69, 9.17) is 13.9 Å². The maximum Gasteiger partial charge on any atom is 0.236 e. The Morgan fingerprint density at radius 2 is 2.12 bits per heavy atom. The first kappa shape index (κ1) is 17.0. The first-order valence-electron chi connectivity index (χ1n) is 7.62. The summed E-state index contributed by atoms with van der Waals surface area (Å²) in [6, 6.07) is 9.08. The summed E-state index contributed by atoms with van der Waals surface area (Å²) in [4.78, 5) is 17.7. The molecule has 0 saturated carbocycles. The predicted octanol–water partition coefficient (Wildman–Crippen LogP) is 3.91. The molecule has 2 heterocycles. The van der Waals surface area contributed by atoms with Crippen LogP contribution in [0.25, 0.3) is 10.8 Å². The largest absolute Gasteiger partial charge is 0.497 e. The molecule has 7 heteroatoms. The Morgan fingerprint density at radius 1 is 1.28 bits per heavy atom. The van der Waals surface area contributed by atoms with Crippen molar-refractivity contribution >= 4 is 22.9 Å². The van der Waals surface area contributed by atoms with E-state index in [1.54, 1.807) is 50.7 Å². The molecule has 3 rings (SSSR count). The summed E-state index contributed by atoms with van der Waals surface area (Å²) in [7, 11) is 3.12. The number of oxazole rings is 1. The van der Waals surface area contributed by atoms with Crippen molar-refractivity contribution in [3.05, 3.63) is 47.2 Å². The molecule has 0 saturated heterocycles. The lowest BCUT2D eigenvalue weighted by molar-refractivity contribution is -0.115. The standard InChI is InChI=1S/C18H18N2O4S/c1-11-14(20-18(24-11)16-5-4-8-25-16)10-17(21)19-13-7-6-12(22-2)9-15(13)23-3/h4-9H,10H2,1-3H3,(H,19,21). The van der Waals surface area contributed by atoms with Crippen molar-refractivity contribution < 1.29 is 18.7 Å². The first-order valence-corrected chi connectivity index (χ1v) is 8.50. The number of nitrogens with zero attached hydrogens (tertiary/aromatic N) is 1. The van der Waals surface area contributed by atoms with E-state index in [1.165, 1.54) is 0 Å². The second kappa shape index (κ2) is 7.40. The Hall–Kier alpha value is -2.80. The van der Waals surface area contributed by atoms with Crippen LogP contribution in [0.4, 0.5) is 5.69 Å². The fraction of sp³-hybridized carbons (Fsp3) is 0.222. The second-order valence-corrected chi connectivity index (χ2v) is 6.24. The van der Waals surface area contributed by atoms with Crippen molar-refractivity contribution in [2.75, 3.05) is 19.5 Å². The van der Waals surface area contributed by atoms with E-state index in [2.05, 4.69) is 10.3 Å². The number of aromatic nitrogens is 1. The number of benzene rings is 1. The number of aryl methyl sites for hydroxylation is 1. The summed E-state index contributed by atoms with van der Waals surface area (Å²) in [5.41, 5.74) is 1.20. The van der Waals surface area contributed by atoms with Crippen molar-refractivity contribution in [1.82, 2.24) is 4.98 Å². The number of ether oxygens (including phenoxy) is 2. The predicted molar refractivity (Wildman–Crippen MR) is 96.4 cm³/mol. The van der Waals surface area contributed by atoms with Gasteiger partial charge in [0, 0.05) is 6.07 Å². The number of thiophene rings is 1. The van der Waals surface area contributed by atoms with E-state index in [1.807, 2.05) is 17.5 Å². The monoisotopic (exact) mass is 358 g/mol. The average Bonchev–Trinajstić information content (AvgIpc) is 3.25. The van der Waals surface area contributed by atoms with Crippen LogP contribution in [-0.4, -0.2) is 25.1 Å². The van der Waals surface area contributed by atoms with Gasteiger partial charge in [-0.3, -0.25) is 4.79 Å². The smallest absolute Gasteiger partial charge is 0.236 e. The van der Waals surface area contributed by atoms with Crippen LogP contribution in [0, 0.1) is 6.92 Å². The van der Waals surface area contributed by atoms with Crippen LogP contribution in [0.15, 0.2) is 40.1 Å². The number of methoxy groups -OCH3 is 2. The van der Waals surface area contributed by atoms with Gasteiger partial charge in [0.1, 0.15) is 17.3 Å². The van der Waals surface area contributed by atoms with Gasteiger partial charge in [0.05, 0.1) is 36.9 Å². The third-order valence-corrected chi connectivity index (χ3v) is 4.49. The molecule has 6 nitrogen and oxygen atoms in total. The van der Waals surface area contributed by atoms with Crippen LogP contribution in [0.1, 0.15) is 11.5 Å². The molecular weight excluding hydrogens is 340 g/mol. The molecule has 0 spiro atoms. The molecule has 3 aromatic rings. The quantitative estimate of drug-likeness (QED) is 0.723. The Bertz CT molecular complexity index is 871. The third kappa shape index (κ3) is 3.83. The minimum absolute atomic E-state index is 0.121. The van der Waals surface area contributed by atoms with E-state index < -0.39 is 0 Å². The number of hydrogen-bond acceptors (Lipinski definition) is 6. The van der Waals surface area contributed by atoms with Gasteiger partial charge in [0.25, 0.3) is 0 Å². The minimum atomic E-state index is -0.197. The molecule has 0 unspecified atom stereocenters. The van der Waals surface area contributed by atoms with E-state index in [0.717, 1.165) is 4.88 Å². The number of carbonyl (C=O) groups is 1. The van der Waals surface area contributed by atoms with Crippen LogP contribution in [0.2, 0.25) is 0 Å². The summed E-state index contributed by atoms with van der Waals surface area (Å²) < 4.78 is 16.1. The number of hydrogen-bond donors (Lipinski definition) is 1. The zero-order valence-electron chi connectivity index (χ0n) is 14.2. The number of rotatable bonds is 6. The van der Waals surface area contributed by atoms with Gasteiger partial charge in [0.2, 0.25) is 11.8 Å². The summed E-state index contributed by atoms with van der Waals surface area (Å²) >= 11 is 1.54. The molecule has 0 aliphatic rings. The van der Waals surface area contributed by atoms with Crippen molar-refractivity contribution in [1.29, 1.82) is 0 Å². The Labute approximate surface area is 149 Å². The number of amides is 1. The first-order chi connectivity index (χ1) is 12.1. The van der Waals surface area contributed by atoms with E-state index in [0.29, 0.717) is 34.5 Å². The summed E-state index contributed by atoms with van der Waals surface area (Å²) in [5.74, 6) is 2.17. The molecule has 1 N–H and O–H groups in total. The topological polar surface area (TPSA) is 73.6 Å². The minimum Gasteiger partial charge on any atom is -0.497 e. The van der Waals surface area contributed by atoms with Gasteiger partial charge >= 0.3 is 0 Å². The molecular formula is C18H18N2O4S. The Balaban J connectivity index is 1.73. The van der Waals surface area contributed by atoms with Gasteiger partial charge in [-0.1, -0.05) is 6.07 Å². The van der Waals surface area contributed by atoms with Crippen LogP contribution < -0.4 is 14.8 Å². The molecule has 1 aromatic carbocycles. The SMILES string of the molecule is COc1ccc(NC(=O)Cc2nc(-c3cccs3)oc2C)c(OC)c1. The lowest BCUT2D eigenvalue weighted by Gasteiger charge is -2.11. The second-order valence-electron chi connectivity index (χ2n) is 5.29. The Morgan fingerprint density at radius 3 is 2.80 bits per heavy atom. The van der Waals surface area contributed by atoms with Crippen molar-refractivity contribution in [3.8, 4) is 22.3 Å². The highest BCUT2D eigenvalue weighted by molar-refractivity contribution is 7.13. The zero-order valence-corrected chi connectivity index (χ0v) is 15.0. The summed E-state index contributed by atoms with van der Waals surface area (Å²) in [6.45, 7) is 1.81. The van der Waals surface area contributed by atoms with E-state index in [-0.39, 0.29) is 12.3 Å². The van der Waals surface area contributed by atoms with E-state index in [9.17, 15) is 4.79 Å². The third-order valence-electron chi connectivity index (χ3n) is 3.64. The van der Waals surface area contributed by atoms with Gasteiger partial charge < -0.3 is 19.2 Å².